The lowest BCUT2D eigenvalue weighted by molar-refractivity contribution is 0.782. The summed E-state index contributed by atoms with van der Waals surface area (Å²) in [6.07, 6.45) is 6.32. The molecule has 0 aromatic carbocycles. The van der Waals surface area contributed by atoms with E-state index in [9.17, 15) is 0 Å². The van der Waals surface area contributed by atoms with Crippen molar-refractivity contribution < 1.29 is 0 Å². The van der Waals surface area contributed by atoms with Crippen LogP contribution in [0.3, 0.4) is 0 Å². The van der Waals surface area contributed by atoms with Gasteiger partial charge in [-0.25, -0.2) is 19.9 Å². The molecule has 3 aromatic heterocycles. The van der Waals surface area contributed by atoms with Gasteiger partial charge < -0.3 is 9.80 Å². The first kappa shape index (κ1) is 13.4. The molecule has 0 unspecified atom stereocenters. The third-order valence-corrected chi connectivity index (χ3v) is 4.75. The van der Waals surface area contributed by atoms with Crippen molar-refractivity contribution >= 4 is 33.3 Å². The Kier molecular flexibility index (Phi) is 3.56. The molecule has 0 bridgehead atoms. The van der Waals surface area contributed by atoms with Gasteiger partial charge in [0.2, 0.25) is 5.95 Å². The van der Waals surface area contributed by atoms with Gasteiger partial charge in [0.1, 0.15) is 12.1 Å². The van der Waals surface area contributed by atoms with Gasteiger partial charge >= 0.3 is 0 Å². The van der Waals surface area contributed by atoms with E-state index >= 15 is 0 Å². The van der Waals surface area contributed by atoms with Crippen LogP contribution in [0, 0.1) is 0 Å². The lowest BCUT2D eigenvalue weighted by Crippen LogP contribution is -2.32. The highest BCUT2D eigenvalue weighted by Gasteiger charge is 2.19. The zero-order valence-electron chi connectivity index (χ0n) is 12.1. The summed E-state index contributed by atoms with van der Waals surface area (Å²) in [4.78, 5) is 22.1. The zero-order chi connectivity index (χ0) is 14.8. The van der Waals surface area contributed by atoms with E-state index in [4.69, 9.17) is 0 Å². The Morgan fingerprint density at radius 3 is 2.64 bits per heavy atom. The summed E-state index contributed by atoms with van der Waals surface area (Å²) in [5, 5.41) is 2.07. The molecule has 6 nitrogen and oxygen atoms in total. The van der Waals surface area contributed by atoms with Crippen molar-refractivity contribution in [2.45, 2.75) is 6.42 Å². The summed E-state index contributed by atoms with van der Waals surface area (Å²) >= 11 is 1.71. The Morgan fingerprint density at radius 1 is 0.909 bits per heavy atom. The summed E-state index contributed by atoms with van der Waals surface area (Å²) < 4.78 is 1.17. The minimum Gasteiger partial charge on any atom is -0.353 e. The maximum atomic E-state index is 4.52. The van der Waals surface area contributed by atoms with E-state index < -0.39 is 0 Å². The number of hydrogen-bond acceptors (Lipinski definition) is 7. The van der Waals surface area contributed by atoms with Crippen LogP contribution in [0.25, 0.3) is 10.2 Å². The molecule has 0 N–H and O–H groups in total. The minimum absolute atomic E-state index is 0.813. The Labute approximate surface area is 132 Å². The third-order valence-electron chi connectivity index (χ3n) is 3.85. The monoisotopic (exact) mass is 312 g/mol. The predicted molar refractivity (Wildman–Crippen MR) is 88.5 cm³/mol. The molecule has 4 heterocycles. The van der Waals surface area contributed by atoms with E-state index in [1.807, 2.05) is 12.1 Å². The molecule has 7 heteroatoms. The molecule has 112 valence electrons. The number of fused-ring (bicyclic) bond motifs is 1. The predicted octanol–water partition coefficient (Wildman–Crippen LogP) is 2.20. The van der Waals surface area contributed by atoms with Crippen molar-refractivity contribution in [1.82, 2.24) is 19.9 Å². The van der Waals surface area contributed by atoms with Crippen molar-refractivity contribution in [3.05, 3.63) is 36.2 Å². The Morgan fingerprint density at radius 2 is 1.73 bits per heavy atom. The molecule has 1 aliphatic heterocycles. The highest BCUT2D eigenvalue weighted by atomic mass is 32.1. The van der Waals surface area contributed by atoms with Crippen molar-refractivity contribution in [2.24, 2.45) is 0 Å². The van der Waals surface area contributed by atoms with Crippen molar-refractivity contribution in [1.29, 1.82) is 0 Å². The molecule has 1 fully saturated rings. The molecule has 0 atom stereocenters. The van der Waals surface area contributed by atoms with Crippen molar-refractivity contribution in [2.75, 3.05) is 36.0 Å². The van der Waals surface area contributed by atoms with Crippen LogP contribution in [0.2, 0.25) is 0 Å². The van der Waals surface area contributed by atoms with Crippen LogP contribution < -0.4 is 9.80 Å². The minimum atomic E-state index is 0.813. The molecule has 1 aliphatic rings. The molecule has 0 aliphatic carbocycles. The lowest BCUT2D eigenvalue weighted by atomic mass is 10.3. The Bertz CT molecular complexity index is 759. The summed E-state index contributed by atoms with van der Waals surface area (Å²) in [5.74, 6) is 1.86. The largest absolute Gasteiger partial charge is 0.353 e. The normalized spacial score (nSPS) is 16.0. The fraction of sp³-hybridized carbons (Fsp3) is 0.333. The summed E-state index contributed by atoms with van der Waals surface area (Å²) in [6.45, 7) is 3.79. The highest BCUT2D eigenvalue weighted by molar-refractivity contribution is 7.17. The van der Waals surface area contributed by atoms with Crippen LogP contribution in [-0.4, -0.2) is 46.1 Å². The van der Waals surface area contributed by atoms with E-state index in [0.717, 1.165) is 49.9 Å². The fourth-order valence-electron chi connectivity index (χ4n) is 2.78. The number of rotatable bonds is 2. The summed E-state index contributed by atoms with van der Waals surface area (Å²) in [7, 11) is 0. The fourth-order valence-corrected chi connectivity index (χ4v) is 3.65. The molecular weight excluding hydrogens is 296 g/mol. The molecule has 0 saturated carbocycles. The maximum absolute atomic E-state index is 4.52. The van der Waals surface area contributed by atoms with Gasteiger partial charge in [0, 0.05) is 38.6 Å². The standard InChI is InChI=1S/C15H16N6S/c1-4-16-15(17-5-1)21-7-2-6-20(8-9-21)14-13-12(3-10-22-13)18-11-19-14/h1,3-5,10-11H,2,6-9H2. The molecule has 3 aromatic rings. The highest BCUT2D eigenvalue weighted by Crippen LogP contribution is 2.28. The van der Waals surface area contributed by atoms with Gasteiger partial charge in [0.25, 0.3) is 0 Å². The van der Waals surface area contributed by atoms with Gasteiger partial charge in [-0.3, -0.25) is 0 Å². The first-order valence-corrected chi connectivity index (χ1v) is 8.25. The average molecular weight is 312 g/mol. The number of thiophene rings is 1. The third kappa shape index (κ3) is 2.48. The van der Waals surface area contributed by atoms with Gasteiger partial charge in [-0.1, -0.05) is 0 Å². The number of nitrogens with zero attached hydrogens (tertiary/aromatic N) is 6. The number of anilines is 2. The molecule has 0 amide bonds. The summed E-state index contributed by atoms with van der Waals surface area (Å²) in [6, 6.07) is 3.90. The lowest BCUT2D eigenvalue weighted by Gasteiger charge is -2.22. The van der Waals surface area contributed by atoms with Gasteiger partial charge in [-0.2, -0.15) is 0 Å². The maximum Gasteiger partial charge on any atom is 0.225 e. The van der Waals surface area contributed by atoms with E-state index in [1.54, 1.807) is 30.1 Å². The SMILES string of the molecule is c1cnc(N2CCCN(c3ncnc4ccsc34)CC2)nc1. The topological polar surface area (TPSA) is 58.0 Å². The Balaban J connectivity index is 1.57. The molecule has 0 radical (unpaired) electrons. The van der Waals surface area contributed by atoms with E-state index in [0.29, 0.717) is 0 Å². The molecule has 0 spiro atoms. The van der Waals surface area contributed by atoms with E-state index in [1.165, 1.54) is 4.70 Å². The van der Waals surface area contributed by atoms with Crippen LogP contribution in [0.5, 0.6) is 0 Å². The van der Waals surface area contributed by atoms with Gasteiger partial charge in [0.15, 0.2) is 0 Å². The average Bonchev–Trinajstić information content (AvgIpc) is 2.92. The first-order chi connectivity index (χ1) is 10.9. The van der Waals surface area contributed by atoms with Crippen LogP contribution in [-0.2, 0) is 0 Å². The van der Waals surface area contributed by atoms with Crippen LogP contribution >= 0.6 is 11.3 Å². The van der Waals surface area contributed by atoms with Gasteiger partial charge in [-0.15, -0.1) is 11.3 Å². The molecular formula is C15H16N6S. The van der Waals surface area contributed by atoms with Crippen LogP contribution in [0.1, 0.15) is 6.42 Å². The van der Waals surface area contributed by atoms with E-state index in [-0.39, 0.29) is 0 Å². The van der Waals surface area contributed by atoms with Crippen molar-refractivity contribution in [3.8, 4) is 0 Å². The van der Waals surface area contributed by atoms with E-state index in [2.05, 4.69) is 35.1 Å². The first-order valence-electron chi connectivity index (χ1n) is 7.37. The van der Waals surface area contributed by atoms with Crippen molar-refractivity contribution in [3.63, 3.8) is 0 Å². The van der Waals surface area contributed by atoms with Crippen LogP contribution in [0.4, 0.5) is 11.8 Å². The molecule has 1 saturated heterocycles. The Hall–Kier alpha value is -2.28. The van der Waals surface area contributed by atoms with Crippen LogP contribution in [0.15, 0.2) is 36.2 Å². The second kappa shape index (κ2) is 5.84. The number of aromatic nitrogens is 4. The molecule has 4 rings (SSSR count). The summed E-state index contributed by atoms with van der Waals surface area (Å²) in [5.41, 5.74) is 1.03. The van der Waals surface area contributed by atoms with Gasteiger partial charge in [-0.05, 0) is 23.9 Å². The second-order valence-corrected chi connectivity index (χ2v) is 6.12. The second-order valence-electron chi connectivity index (χ2n) is 5.21. The molecule has 22 heavy (non-hydrogen) atoms. The number of hydrogen-bond donors (Lipinski definition) is 0. The van der Waals surface area contributed by atoms with Gasteiger partial charge in [0.05, 0.1) is 10.2 Å². The smallest absolute Gasteiger partial charge is 0.225 e. The quantitative estimate of drug-likeness (QED) is 0.723. The zero-order valence-corrected chi connectivity index (χ0v) is 12.9.